The number of imidazole rings is 1. The minimum absolute atomic E-state index is 0.0142. The third-order valence-corrected chi connectivity index (χ3v) is 6.19. The highest BCUT2D eigenvalue weighted by atomic mass is 16.5. The van der Waals surface area contributed by atoms with Gasteiger partial charge in [0.05, 0.1) is 7.11 Å². The number of fused-ring (bicyclic) bond motifs is 2. The largest absolute Gasteiger partial charge is 0.497 e. The molecule has 1 fully saturated rings. The van der Waals surface area contributed by atoms with Gasteiger partial charge in [0.25, 0.3) is 5.56 Å². The van der Waals surface area contributed by atoms with Crippen LogP contribution in [0.25, 0.3) is 39.6 Å². The fourth-order valence-corrected chi connectivity index (χ4v) is 4.32. The lowest BCUT2D eigenvalue weighted by Gasteiger charge is -2.09. The number of aromatic amines is 1. The van der Waals surface area contributed by atoms with Gasteiger partial charge < -0.3 is 9.72 Å². The van der Waals surface area contributed by atoms with Gasteiger partial charge in [-0.15, -0.1) is 10.2 Å². The smallest absolute Gasteiger partial charge is 0.333 e. The minimum atomic E-state index is -0.307. The van der Waals surface area contributed by atoms with Crippen molar-refractivity contribution >= 4 is 16.8 Å². The van der Waals surface area contributed by atoms with Crippen molar-refractivity contribution in [2.75, 3.05) is 7.11 Å². The highest BCUT2D eigenvalue weighted by Gasteiger charge is 2.30. The van der Waals surface area contributed by atoms with Crippen molar-refractivity contribution in [3.63, 3.8) is 0 Å². The van der Waals surface area contributed by atoms with Crippen LogP contribution in [0.1, 0.15) is 32.2 Å². The highest BCUT2D eigenvalue weighted by Crippen LogP contribution is 2.32. The van der Waals surface area contributed by atoms with Crippen molar-refractivity contribution in [1.82, 2.24) is 33.7 Å². The van der Waals surface area contributed by atoms with Crippen molar-refractivity contribution < 1.29 is 4.74 Å². The second kappa shape index (κ2) is 7.68. The van der Waals surface area contributed by atoms with Gasteiger partial charge in [-0.1, -0.05) is 6.92 Å². The van der Waals surface area contributed by atoms with Gasteiger partial charge in [0.2, 0.25) is 0 Å². The molecule has 10 nitrogen and oxygen atoms in total. The van der Waals surface area contributed by atoms with Gasteiger partial charge in [-0.05, 0) is 55.7 Å². The van der Waals surface area contributed by atoms with E-state index in [1.54, 1.807) is 11.7 Å². The van der Waals surface area contributed by atoms with Crippen LogP contribution in [0.5, 0.6) is 5.75 Å². The summed E-state index contributed by atoms with van der Waals surface area (Å²) in [6.07, 6.45) is 4.35. The Morgan fingerprint density at radius 1 is 1.06 bits per heavy atom. The standard InChI is InChI=1S/C24H23N7O3/c1-3-12-29-22-19(23(32)31(24(29)33)16-7-8-16)25-20(26-22)15-6-11-18-27-28-21(30(18)13-15)14-4-9-17(34-2)10-5-14/h4-6,9-11,13,16H,3,7-8,12H2,1-2H3,(H,25,26). The Balaban J connectivity index is 1.51. The van der Waals surface area contributed by atoms with E-state index in [1.165, 1.54) is 4.57 Å². The molecular formula is C24H23N7O3. The molecule has 5 aromatic rings. The van der Waals surface area contributed by atoms with E-state index in [1.807, 2.05) is 53.9 Å². The van der Waals surface area contributed by atoms with E-state index in [0.29, 0.717) is 35.0 Å². The molecule has 6 rings (SSSR count). The van der Waals surface area contributed by atoms with E-state index in [2.05, 4.69) is 20.2 Å². The lowest BCUT2D eigenvalue weighted by molar-refractivity contribution is 0.415. The van der Waals surface area contributed by atoms with Crippen LogP contribution < -0.4 is 16.0 Å². The summed E-state index contributed by atoms with van der Waals surface area (Å²) in [7, 11) is 1.63. The lowest BCUT2D eigenvalue weighted by Crippen LogP contribution is -2.39. The van der Waals surface area contributed by atoms with Crippen LogP contribution in [0.2, 0.25) is 0 Å². The summed E-state index contributed by atoms with van der Waals surface area (Å²) in [5.41, 5.74) is 2.49. The number of pyridine rings is 1. The second-order valence-corrected chi connectivity index (χ2v) is 8.52. The molecule has 4 heterocycles. The van der Waals surface area contributed by atoms with Crippen LogP contribution in [-0.2, 0) is 6.54 Å². The molecule has 172 valence electrons. The first-order valence-corrected chi connectivity index (χ1v) is 11.3. The molecule has 0 unspecified atom stereocenters. The molecule has 0 bridgehead atoms. The molecule has 1 N–H and O–H groups in total. The van der Waals surface area contributed by atoms with E-state index in [0.717, 1.165) is 36.1 Å². The Hall–Kier alpha value is -4.21. The summed E-state index contributed by atoms with van der Waals surface area (Å²) in [6.45, 7) is 2.50. The van der Waals surface area contributed by atoms with E-state index in [9.17, 15) is 9.59 Å². The first-order valence-electron chi connectivity index (χ1n) is 11.3. The van der Waals surface area contributed by atoms with E-state index >= 15 is 0 Å². The predicted molar refractivity (Wildman–Crippen MR) is 127 cm³/mol. The van der Waals surface area contributed by atoms with Crippen LogP contribution in [0.3, 0.4) is 0 Å². The maximum Gasteiger partial charge on any atom is 0.333 e. The quantitative estimate of drug-likeness (QED) is 0.419. The van der Waals surface area contributed by atoms with Crippen LogP contribution in [0, 0.1) is 0 Å². The van der Waals surface area contributed by atoms with Crippen molar-refractivity contribution in [1.29, 1.82) is 0 Å². The van der Waals surface area contributed by atoms with E-state index in [-0.39, 0.29) is 17.3 Å². The zero-order chi connectivity index (χ0) is 23.4. The Bertz CT molecular complexity index is 1650. The lowest BCUT2D eigenvalue weighted by atomic mass is 10.2. The van der Waals surface area contributed by atoms with Gasteiger partial charge >= 0.3 is 5.69 Å². The van der Waals surface area contributed by atoms with Crippen molar-refractivity contribution in [2.45, 2.75) is 38.8 Å². The highest BCUT2D eigenvalue weighted by molar-refractivity contribution is 5.76. The van der Waals surface area contributed by atoms with Crippen molar-refractivity contribution in [3.8, 4) is 28.5 Å². The van der Waals surface area contributed by atoms with Gasteiger partial charge in [-0.3, -0.25) is 18.3 Å². The number of ether oxygens (including phenoxy) is 1. The number of rotatable bonds is 6. The first-order chi connectivity index (χ1) is 16.6. The summed E-state index contributed by atoms with van der Waals surface area (Å²) < 4.78 is 10.1. The molecule has 34 heavy (non-hydrogen) atoms. The Labute approximate surface area is 193 Å². The molecule has 1 aromatic carbocycles. The number of methoxy groups -OCH3 is 1. The van der Waals surface area contributed by atoms with Gasteiger partial charge in [-0.25, -0.2) is 9.78 Å². The normalized spacial score (nSPS) is 13.7. The summed E-state index contributed by atoms with van der Waals surface area (Å²) in [5, 5.41) is 8.61. The number of benzene rings is 1. The van der Waals surface area contributed by atoms with Gasteiger partial charge in [0.1, 0.15) is 17.1 Å². The average molecular weight is 457 g/mol. The second-order valence-electron chi connectivity index (χ2n) is 8.52. The van der Waals surface area contributed by atoms with Crippen LogP contribution >= 0.6 is 0 Å². The molecule has 10 heteroatoms. The van der Waals surface area contributed by atoms with Crippen LogP contribution in [0.15, 0.2) is 52.2 Å². The fourth-order valence-electron chi connectivity index (χ4n) is 4.32. The fraction of sp³-hybridized carbons (Fsp3) is 0.292. The monoisotopic (exact) mass is 457 g/mol. The van der Waals surface area contributed by atoms with Gasteiger partial charge in [0.15, 0.2) is 17.1 Å². The molecule has 0 spiro atoms. The molecule has 0 radical (unpaired) electrons. The average Bonchev–Trinajstić information content (AvgIpc) is 3.43. The Morgan fingerprint density at radius 3 is 2.53 bits per heavy atom. The molecule has 0 aliphatic heterocycles. The number of aromatic nitrogens is 7. The topological polar surface area (TPSA) is 112 Å². The van der Waals surface area contributed by atoms with Gasteiger partial charge in [0, 0.05) is 29.9 Å². The predicted octanol–water partition coefficient (Wildman–Crippen LogP) is 3.02. The molecule has 0 saturated heterocycles. The Kier molecular flexibility index (Phi) is 4.61. The van der Waals surface area contributed by atoms with Crippen LogP contribution in [-0.4, -0.2) is 40.8 Å². The summed E-state index contributed by atoms with van der Waals surface area (Å²) in [4.78, 5) is 34.1. The van der Waals surface area contributed by atoms with E-state index < -0.39 is 0 Å². The summed E-state index contributed by atoms with van der Waals surface area (Å²) in [6, 6.07) is 11.3. The third kappa shape index (κ3) is 3.13. The van der Waals surface area contributed by atoms with Crippen molar-refractivity contribution in [3.05, 3.63) is 63.4 Å². The molecule has 0 atom stereocenters. The zero-order valence-electron chi connectivity index (χ0n) is 18.9. The summed E-state index contributed by atoms with van der Waals surface area (Å²) in [5.74, 6) is 1.95. The maximum absolute atomic E-state index is 13.1. The minimum Gasteiger partial charge on any atom is -0.497 e. The number of hydrogen-bond donors (Lipinski definition) is 1. The molecule has 1 aliphatic rings. The molecular weight excluding hydrogens is 434 g/mol. The number of nitrogens with one attached hydrogen (secondary N) is 1. The molecule has 1 saturated carbocycles. The SMILES string of the molecule is CCCn1c(=O)n(C2CC2)c(=O)c2[nH]c(-c3ccc4nnc(-c5ccc(OC)cc5)n4c3)nc21. The molecule has 0 amide bonds. The number of H-pyrrole nitrogens is 1. The summed E-state index contributed by atoms with van der Waals surface area (Å²) >= 11 is 0. The number of aryl methyl sites for hydroxylation is 1. The maximum atomic E-state index is 13.1. The number of hydrogen-bond acceptors (Lipinski definition) is 6. The zero-order valence-corrected chi connectivity index (χ0v) is 18.9. The van der Waals surface area contributed by atoms with Crippen LogP contribution in [0.4, 0.5) is 0 Å². The third-order valence-electron chi connectivity index (χ3n) is 6.19. The van der Waals surface area contributed by atoms with E-state index in [4.69, 9.17) is 4.74 Å². The van der Waals surface area contributed by atoms with Crippen molar-refractivity contribution in [2.24, 2.45) is 0 Å². The molecule has 4 aromatic heterocycles. The first kappa shape index (κ1) is 20.4. The van der Waals surface area contributed by atoms with Gasteiger partial charge in [-0.2, -0.15) is 0 Å². The number of nitrogens with zero attached hydrogens (tertiary/aromatic N) is 6. The Morgan fingerprint density at radius 2 is 1.82 bits per heavy atom. The molecule has 1 aliphatic carbocycles.